The van der Waals surface area contributed by atoms with Crippen LogP contribution in [-0.4, -0.2) is 66.8 Å². The summed E-state index contributed by atoms with van der Waals surface area (Å²) in [6.45, 7) is 4.53. The third-order valence-corrected chi connectivity index (χ3v) is 6.10. The second kappa shape index (κ2) is 24.0. The molecule has 0 fully saturated rings. The molecule has 0 spiro atoms. The molecular formula is C27H53N2O6+. The van der Waals surface area contributed by atoms with E-state index in [0.29, 0.717) is 12.8 Å². The fourth-order valence-electron chi connectivity index (χ4n) is 3.81. The number of carbonyl (C=O) groups is 3. The van der Waals surface area contributed by atoms with Gasteiger partial charge in [-0.15, -0.1) is 0 Å². The Morgan fingerprint density at radius 1 is 0.686 bits per heavy atom. The Bertz CT molecular complexity index is 508. The summed E-state index contributed by atoms with van der Waals surface area (Å²) < 4.78 is 10.6. The second-order valence-electron chi connectivity index (χ2n) is 9.39. The third kappa shape index (κ3) is 20.2. The number of quaternary nitrogens is 1. The first-order chi connectivity index (χ1) is 17.0. The molecule has 0 rings (SSSR count). The van der Waals surface area contributed by atoms with E-state index in [1.165, 1.54) is 56.3 Å². The highest BCUT2D eigenvalue weighted by Gasteiger charge is 2.23. The fourth-order valence-corrected chi connectivity index (χ4v) is 3.81. The van der Waals surface area contributed by atoms with E-state index < -0.39 is 6.04 Å². The van der Waals surface area contributed by atoms with Gasteiger partial charge in [0.05, 0.1) is 13.1 Å². The second-order valence-corrected chi connectivity index (χ2v) is 9.39. The van der Waals surface area contributed by atoms with Crippen molar-refractivity contribution in [3.05, 3.63) is 0 Å². The van der Waals surface area contributed by atoms with E-state index in [4.69, 9.17) is 9.47 Å². The quantitative estimate of drug-likeness (QED) is 0.153. The number of amides is 1. The lowest BCUT2D eigenvalue weighted by Gasteiger charge is -2.23. The highest BCUT2D eigenvalue weighted by Crippen LogP contribution is 2.10. The van der Waals surface area contributed by atoms with Crippen LogP contribution in [0.2, 0.25) is 0 Å². The molecule has 4 N–H and O–H groups in total. The van der Waals surface area contributed by atoms with Crippen molar-refractivity contribution in [1.29, 1.82) is 0 Å². The van der Waals surface area contributed by atoms with Gasteiger partial charge >= 0.3 is 11.9 Å². The van der Waals surface area contributed by atoms with Gasteiger partial charge in [0.2, 0.25) is 0 Å². The average molecular weight is 502 g/mol. The van der Waals surface area contributed by atoms with Crippen molar-refractivity contribution in [2.45, 2.75) is 123 Å². The molecule has 1 amide bonds. The van der Waals surface area contributed by atoms with Crippen LogP contribution in [0.4, 0.5) is 0 Å². The van der Waals surface area contributed by atoms with Crippen molar-refractivity contribution in [3.63, 3.8) is 0 Å². The molecule has 0 aromatic heterocycles. The average Bonchev–Trinajstić information content (AvgIpc) is 2.85. The van der Waals surface area contributed by atoms with Crippen LogP contribution in [0.5, 0.6) is 0 Å². The summed E-state index contributed by atoms with van der Waals surface area (Å²) in [4.78, 5) is 37.9. The largest absolute Gasteiger partial charge is 0.464 e. The molecular weight excluding hydrogens is 448 g/mol. The Balaban J connectivity index is 4.14. The molecule has 0 saturated carbocycles. The molecule has 0 radical (unpaired) electrons. The van der Waals surface area contributed by atoms with Crippen molar-refractivity contribution < 1.29 is 34.7 Å². The van der Waals surface area contributed by atoms with Crippen LogP contribution < -0.4 is 5.73 Å². The monoisotopic (exact) mass is 501 g/mol. The first kappa shape index (κ1) is 33.3. The maximum absolute atomic E-state index is 12.5. The Morgan fingerprint density at radius 3 is 1.43 bits per heavy atom. The zero-order valence-corrected chi connectivity index (χ0v) is 22.6. The predicted molar refractivity (Wildman–Crippen MR) is 137 cm³/mol. The van der Waals surface area contributed by atoms with Gasteiger partial charge < -0.3 is 25.2 Å². The number of rotatable bonds is 24. The lowest BCUT2D eigenvalue weighted by atomic mass is 10.1. The van der Waals surface area contributed by atoms with E-state index in [1.807, 2.05) is 0 Å². The summed E-state index contributed by atoms with van der Waals surface area (Å²) in [5.74, 6) is -0.875. The fraction of sp³-hybridized carbons (Fsp3) is 0.889. The van der Waals surface area contributed by atoms with Gasteiger partial charge in [-0.1, -0.05) is 90.9 Å². The molecule has 0 bridgehead atoms. The van der Waals surface area contributed by atoms with Gasteiger partial charge in [0.25, 0.3) is 5.91 Å². The number of nitrogens with zero attached hydrogens (tertiary/aromatic N) is 1. The first-order valence-electron chi connectivity index (χ1n) is 14.0. The number of aliphatic hydroxyl groups is 1. The minimum Gasteiger partial charge on any atom is -0.464 e. The van der Waals surface area contributed by atoms with Crippen molar-refractivity contribution in [2.24, 2.45) is 0 Å². The molecule has 35 heavy (non-hydrogen) atoms. The first-order valence-corrected chi connectivity index (χ1v) is 14.0. The zero-order valence-electron chi connectivity index (χ0n) is 22.6. The molecule has 8 nitrogen and oxygen atoms in total. The summed E-state index contributed by atoms with van der Waals surface area (Å²) >= 11 is 0. The standard InChI is InChI=1S/C27H52N2O6/c1-3-5-7-9-11-13-15-17-25(31)34-21-19-29(27(33)24(28)23-30)20-22-35-26(32)18-16-14-12-10-8-6-4-2/h24,30H,3-23,28H2,1-2H3/p+1. The van der Waals surface area contributed by atoms with Crippen molar-refractivity contribution >= 4 is 17.8 Å². The number of esters is 2. The highest BCUT2D eigenvalue weighted by molar-refractivity contribution is 5.80. The van der Waals surface area contributed by atoms with Gasteiger partial charge in [-0.3, -0.25) is 14.4 Å². The summed E-state index contributed by atoms with van der Waals surface area (Å²) in [6, 6.07) is -0.804. The maximum Gasteiger partial charge on any atom is 0.305 e. The van der Waals surface area contributed by atoms with Gasteiger partial charge in [-0.2, -0.15) is 0 Å². The Labute approximate surface area is 213 Å². The number of hydrogen-bond donors (Lipinski definition) is 2. The number of ether oxygens (including phenoxy) is 2. The van der Waals surface area contributed by atoms with E-state index in [2.05, 4.69) is 19.6 Å². The molecule has 0 aliphatic heterocycles. The summed E-state index contributed by atoms with van der Waals surface area (Å²) in [6.07, 6.45) is 16.6. The molecule has 0 heterocycles. The third-order valence-electron chi connectivity index (χ3n) is 6.10. The summed E-state index contributed by atoms with van der Waals surface area (Å²) in [5, 5.41) is 9.28. The van der Waals surface area contributed by atoms with E-state index >= 15 is 0 Å². The lowest BCUT2D eigenvalue weighted by molar-refractivity contribution is -0.411. The lowest BCUT2D eigenvalue weighted by Crippen LogP contribution is -2.70. The van der Waals surface area contributed by atoms with Crippen LogP contribution >= 0.6 is 0 Å². The highest BCUT2D eigenvalue weighted by atomic mass is 16.5. The van der Waals surface area contributed by atoms with Crippen molar-refractivity contribution in [3.8, 4) is 0 Å². The molecule has 0 saturated heterocycles. The van der Waals surface area contributed by atoms with Gasteiger partial charge in [0, 0.05) is 12.8 Å². The molecule has 0 aromatic rings. The minimum atomic E-state index is -0.804. The molecule has 1 unspecified atom stereocenters. The van der Waals surface area contributed by atoms with Gasteiger partial charge in [0.15, 0.2) is 6.04 Å². The van der Waals surface area contributed by atoms with Crippen LogP contribution in [0, 0.1) is 0 Å². The number of aliphatic hydroxyl groups excluding tert-OH is 1. The normalized spacial score (nSPS) is 11.8. The van der Waals surface area contributed by atoms with Gasteiger partial charge in [-0.05, 0) is 12.8 Å². The van der Waals surface area contributed by atoms with E-state index in [9.17, 15) is 19.5 Å². The maximum atomic E-state index is 12.5. The number of hydrogen-bond acceptors (Lipinski definition) is 6. The Morgan fingerprint density at radius 2 is 1.06 bits per heavy atom. The van der Waals surface area contributed by atoms with Crippen LogP contribution in [0.3, 0.4) is 0 Å². The van der Waals surface area contributed by atoms with E-state index in [0.717, 1.165) is 38.5 Å². The topological polar surface area (TPSA) is 121 Å². The number of unbranched alkanes of at least 4 members (excludes halogenated alkanes) is 12. The summed E-state index contributed by atoms with van der Waals surface area (Å²) in [7, 11) is 0. The van der Waals surface area contributed by atoms with Gasteiger partial charge in [-0.25, -0.2) is 0 Å². The smallest absolute Gasteiger partial charge is 0.305 e. The van der Waals surface area contributed by atoms with Crippen LogP contribution in [-0.2, 0) is 23.9 Å². The van der Waals surface area contributed by atoms with Crippen molar-refractivity contribution in [1.82, 2.24) is 4.90 Å². The molecule has 206 valence electrons. The number of carbonyl (C=O) groups excluding carboxylic acids is 3. The molecule has 1 atom stereocenters. The van der Waals surface area contributed by atoms with Crippen LogP contribution in [0.15, 0.2) is 0 Å². The minimum absolute atomic E-state index is 0.0746. The molecule has 8 heteroatoms. The molecule has 0 aromatic carbocycles. The Kier molecular flexibility index (Phi) is 22.9. The zero-order chi connectivity index (χ0) is 26.2. The van der Waals surface area contributed by atoms with Crippen LogP contribution in [0.25, 0.3) is 0 Å². The summed E-state index contributed by atoms with van der Waals surface area (Å²) in [5.41, 5.74) is 3.66. The molecule has 0 aliphatic carbocycles. The van der Waals surface area contributed by atoms with Crippen LogP contribution in [0.1, 0.15) is 117 Å². The predicted octanol–water partition coefficient (Wildman–Crippen LogP) is 3.79. The SMILES string of the molecule is CCCCCCCCCC(=O)OCCN(CCOC(=O)CCCCCCCCC)C(=O)C([NH3+])CO. The molecule has 0 aliphatic rings. The van der Waals surface area contributed by atoms with E-state index in [-0.39, 0.29) is 50.8 Å². The van der Waals surface area contributed by atoms with Gasteiger partial charge in [0.1, 0.15) is 19.8 Å². The Hall–Kier alpha value is -1.67. The van der Waals surface area contributed by atoms with Crippen molar-refractivity contribution in [2.75, 3.05) is 32.9 Å². The van der Waals surface area contributed by atoms with E-state index in [1.54, 1.807) is 0 Å².